The van der Waals surface area contributed by atoms with E-state index in [1.165, 1.54) is 17.7 Å². The number of benzene rings is 2. The molecule has 1 fully saturated rings. The fourth-order valence-corrected chi connectivity index (χ4v) is 2.87. The van der Waals surface area contributed by atoms with Gasteiger partial charge in [0.1, 0.15) is 11.6 Å². The van der Waals surface area contributed by atoms with E-state index in [-0.39, 0.29) is 11.7 Å². The van der Waals surface area contributed by atoms with E-state index in [0.717, 1.165) is 25.4 Å². The van der Waals surface area contributed by atoms with E-state index in [1.54, 1.807) is 19.2 Å². The van der Waals surface area contributed by atoms with Crippen molar-refractivity contribution in [1.82, 2.24) is 9.80 Å². The highest BCUT2D eigenvalue weighted by molar-refractivity contribution is 6.27. The first-order valence-corrected chi connectivity index (χ1v) is 9.16. The van der Waals surface area contributed by atoms with Crippen LogP contribution in [0.3, 0.4) is 0 Å². The molecule has 9 heteroatoms. The number of carboxylic acid groups (broad SMARTS) is 2. The molecule has 0 bridgehead atoms. The van der Waals surface area contributed by atoms with Crippen molar-refractivity contribution in [2.24, 2.45) is 0 Å². The van der Waals surface area contributed by atoms with E-state index in [0.29, 0.717) is 18.7 Å². The molecule has 0 radical (unpaired) electrons. The van der Waals surface area contributed by atoms with Crippen molar-refractivity contribution in [2.45, 2.75) is 6.54 Å². The minimum atomic E-state index is -1.82. The minimum Gasteiger partial charge on any atom is -0.497 e. The van der Waals surface area contributed by atoms with E-state index >= 15 is 0 Å². The van der Waals surface area contributed by atoms with Crippen molar-refractivity contribution < 1.29 is 33.7 Å². The van der Waals surface area contributed by atoms with Crippen LogP contribution < -0.4 is 4.74 Å². The molecule has 8 nitrogen and oxygen atoms in total. The Bertz CT molecular complexity index is 850. The molecule has 1 aliphatic heterocycles. The summed E-state index contributed by atoms with van der Waals surface area (Å²) in [5, 5.41) is 14.8. The monoisotopic (exact) mass is 418 g/mol. The molecule has 2 N–H and O–H groups in total. The second kappa shape index (κ2) is 10.9. The Hall–Kier alpha value is -3.46. The smallest absolute Gasteiger partial charge is 0.414 e. The lowest BCUT2D eigenvalue weighted by atomic mass is 10.1. The van der Waals surface area contributed by atoms with Crippen molar-refractivity contribution in [3.8, 4) is 5.75 Å². The van der Waals surface area contributed by atoms with Gasteiger partial charge in [-0.15, -0.1) is 0 Å². The number of nitrogens with zero attached hydrogens (tertiary/aromatic N) is 2. The van der Waals surface area contributed by atoms with E-state index in [2.05, 4.69) is 17.0 Å². The Kier molecular flexibility index (Phi) is 8.30. The van der Waals surface area contributed by atoms with Gasteiger partial charge in [-0.1, -0.05) is 12.1 Å². The summed E-state index contributed by atoms with van der Waals surface area (Å²) in [7, 11) is 1.66. The van der Waals surface area contributed by atoms with Gasteiger partial charge in [-0.25, -0.2) is 14.0 Å². The molecule has 2 aromatic carbocycles. The van der Waals surface area contributed by atoms with Crippen LogP contribution in [-0.2, 0) is 16.1 Å². The fourth-order valence-electron chi connectivity index (χ4n) is 2.87. The Morgan fingerprint density at radius 2 is 1.43 bits per heavy atom. The zero-order valence-corrected chi connectivity index (χ0v) is 16.5. The maximum absolute atomic E-state index is 13.0. The highest BCUT2D eigenvalue weighted by atomic mass is 19.1. The van der Waals surface area contributed by atoms with Gasteiger partial charge in [0.2, 0.25) is 0 Å². The van der Waals surface area contributed by atoms with E-state index in [9.17, 15) is 9.18 Å². The van der Waals surface area contributed by atoms with Crippen LogP contribution >= 0.6 is 0 Å². The van der Waals surface area contributed by atoms with Crippen LogP contribution in [0.25, 0.3) is 0 Å². The molecule has 0 atom stereocenters. The Balaban J connectivity index is 0.000000469. The number of aliphatic carboxylic acids is 2. The van der Waals surface area contributed by atoms with Crippen molar-refractivity contribution in [3.05, 3.63) is 65.5 Å². The van der Waals surface area contributed by atoms with Crippen LogP contribution in [0.2, 0.25) is 0 Å². The number of carbonyl (C=O) groups is 3. The van der Waals surface area contributed by atoms with Crippen molar-refractivity contribution in [2.75, 3.05) is 33.3 Å². The summed E-state index contributed by atoms with van der Waals surface area (Å²) >= 11 is 0. The fraction of sp³-hybridized carbons (Fsp3) is 0.286. The summed E-state index contributed by atoms with van der Waals surface area (Å²) in [5.41, 5.74) is 1.77. The SMILES string of the molecule is COc1ccc(CN2CCN(C(=O)c3ccc(F)cc3)CC2)cc1.O=C(O)C(=O)O. The number of carbonyl (C=O) groups excluding carboxylic acids is 1. The van der Waals surface area contributed by atoms with Crippen molar-refractivity contribution >= 4 is 17.8 Å². The Morgan fingerprint density at radius 1 is 0.900 bits per heavy atom. The molecular formula is C21H23FN2O6. The molecule has 1 heterocycles. The largest absolute Gasteiger partial charge is 0.497 e. The van der Waals surface area contributed by atoms with Crippen LogP contribution in [0.15, 0.2) is 48.5 Å². The summed E-state index contributed by atoms with van der Waals surface area (Å²) in [4.78, 5) is 34.8. The highest BCUT2D eigenvalue weighted by Crippen LogP contribution is 2.15. The molecule has 160 valence electrons. The predicted octanol–water partition coefficient (Wildman–Crippen LogP) is 1.95. The second-order valence-corrected chi connectivity index (χ2v) is 6.53. The topological polar surface area (TPSA) is 107 Å². The Labute approximate surface area is 173 Å². The molecule has 0 aliphatic carbocycles. The first kappa shape index (κ1) is 22.8. The maximum atomic E-state index is 13.0. The number of hydrogen-bond donors (Lipinski definition) is 2. The van der Waals surface area contributed by atoms with Gasteiger partial charge in [0.25, 0.3) is 5.91 Å². The van der Waals surface area contributed by atoms with Crippen LogP contribution in [0.1, 0.15) is 15.9 Å². The molecule has 1 aliphatic rings. The number of halogens is 1. The standard InChI is InChI=1S/C19H21FN2O2.C2H2O4/c1-24-18-8-2-15(3-9-18)14-21-10-12-22(13-11-21)19(23)16-4-6-17(20)7-5-16;3-1(4)2(5)6/h2-9H,10-14H2,1H3;(H,3,4)(H,5,6). The van der Waals surface area contributed by atoms with E-state index < -0.39 is 11.9 Å². The molecule has 0 saturated carbocycles. The normalized spacial score (nSPS) is 13.7. The average Bonchev–Trinajstić information content (AvgIpc) is 2.75. The molecule has 1 saturated heterocycles. The van der Waals surface area contributed by atoms with Crippen LogP contribution in [0, 0.1) is 5.82 Å². The third-order valence-corrected chi connectivity index (χ3v) is 4.50. The summed E-state index contributed by atoms with van der Waals surface area (Å²) in [6.07, 6.45) is 0. The highest BCUT2D eigenvalue weighted by Gasteiger charge is 2.22. The van der Waals surface area contributed by atoms with Gasteiger partial charge in [0, 0.05) is 38.3 Å². The Morgan fingerprint density at radius 3 is 1.90 bits per heavy atom. The molecule has 1 amide bonds. The molecule has 2 aromatic rings. The quantitative estimate of drug-likeness (QED) is 0.731. The third kappa shape index (κ3) is 6.85. The lowest BCUT2D eigenvalue weighted by Crippen LogP contribution is -2.48. The number of carboxylic acids is 2. The number of rotatable bonds is 4. The van der Waals surface area contributed by atoms with Crippen molar-refractivity contribution in [3.63, 3.8) is 0 Å². The molecular weight excluding hydrogens is 395 g/mol. The first-order chi connectivity index (χ1) is 14.3. The van der Waals surface area contributed by atoms with Gasteiger partial charge in [-0.2, -0.15) is 0 Å². The summed E-state index contributed by atoms with van der Waals surface area (Å²) in [6.45, 7) is 3.90. The van der Waals surface area contributed by atoms with E-state index in [1.807, 2.05) is 17.0 Å². The summed E-state index contributed by atoms with van der Waals surface area (Å²) in [6, 6.07) is 13.8. The zero-order chi connectivity index (χ0) is 22.1. The van der Waals surface area contributed by atoms with Gasteiger partial charge >= 0.3 is 11.9 Å². The lowest BCUT2D eigenvalue weighted by Gasteiger charge is -2.34. The molecule has 0 spiro atoms. The number of ether oxygens (including phenoxy) is 1. The van der Waals surface area contributed by atoms with Crippen molar-refractivity contribution in [1.29, 1.82) is 0 Å². The molecule has 30 heavy (non-hydrogen) atoms. The lowest BCUT2D eigenvalue weighted by molar-refractivity contribution is -0.159. The second-order valence-electron chi connectivity index (χ2n) is 6.53. The minimum absolute atomic E-state index is 0.0286. The van der Waals surface area contributed by atoms with Crippen LogP contribution in [0.5, 0.6) is 5.75 Å². The van der Waals surface area contributed by atoms with E-state index in [4.69, 9.17) is 24.5 Å². The van der Waals surface area contributed by atoms with Gasteiger partial charge in [0.05, 0.1) is 7.11 Å². The number of hydrogen-bond acceptors (Lipinski definition) is 5. The maximum Gasteiger partial charge on any atom is 0.414 e. The van der Waals surface area contributed by atoms with Gasteiger partial charge < -0.3 is 19.8 Å². The van der Waals surface area contributed by atoms with Crippen LogP contribution in [0.4, 0.5) is 4.39 Å². The number of piperazine rings is 1. The zero-order valence-electron chi connectivity index (χ0n) is 16.5. The number of methoxy groups -OCH3 is 1. The molecule has 0 unspecified atom stereocenters. The van der Waals surface area contributed by atoms with Gasteiger partial charge in [-0.3, -0.25) is 9.69 Å². The first-order valence-electron chi connectivity index (χ1n) is 9.16. The van der Waals surface area contributed by atoms with Crippen LogP contribution in [-0.4, -0.2) is 71.1 Å². The predicted molar refractivity (Wildman–Crippen MR) is 106 cm³/mol. The summed E-state index contributed by atoms with van der Waals surface area (Å²) in [5.74, 6) is -3.14. The third-order valence-electron chi connectivity index (χ3n) is 4.50. The summed E-state index contributed by atoms with van der Waals surface area (Å²) < 4.78 is 18.1. The van der Waals surface area contributed by atoms with Gasteiger partial charge in [0.15, 0.2) is 0 Å². The molecule has 3 rings (SSSR count). The average molecular weight is 418 g/mol. The number of amides is 1. The van der Waals surface area contributed by atoms with Gasteiger partial charge in [-0.05, 0) is 42.0 Å². The molecule has 0 aromatic heterocycles.